The largest absolute Gasteiger partial charge is 0.325 e. The van der Waals surface area contributed by atoms with Crippen LogP contribution in [0.15, 0.2) is 42.7 Å². The molecule has 0 bridgehead atoms. The van der Waals surface area contributed by atoms with Crippen LogP contribution in [0.3, 0.4) is 0 Å². The number of ketones is 1. The molecule has 38 heavy (non-hydrogen) atoms. The Bertz CT molecular complexity index is 1450. The summed E-state index contributed by atoms with van der Waals surface area (Å²) < 4.78 is 31.8. The number of halogens is 2. The Balaban J connectivity index is 1.80. The molecule has 1 amide bonds. The van der Waals surface area contributed by atoms with E-state index in [0.29, 0.717) is 18.4 Å². The van der Waals surface area contributed by atoms with E-state index in [1.807, 2.05) is 13.8 Å². The number of hydrogen-bond donors (Lipinski definition) is 1. The molecule has 4 rings (SSSR count). The zero-order valence-electron chi connectivity index (χ0n) is 21.0. The van der Waals surface area contributed by atoms with Crippen LogP contribution in [0.4, 0.5) is 14.5 Å². The molecule has 2 aromatic carbocycles. The Labute approximate surface area is 217 Å². The molecule has 8 nitrogen and oxygen atoms in total. The van der Waals surface area contributed by atoms with Crippen molar-refractivity contribution in [3.63, 3.8) is 0 Å². The van der Waals surface area contributed by atoms with Gasteiger partial charge in [-0.3, -0.25) is 14.3 Å². The third kappa shape index (κ3) is 4.46. The first-order valence-electron chi connectivity index (χ1n) is 11.9. The van der Waals surface area contributed by atoms with Gasteiger partial charge in [-0.2, -0.15) is 5.10 Å². The highest BCUT2D eigenvalue weighted by molar-refractivity contribution is 6.30. The quantitative estimate of drug-likeness (QED) is 0.244. The van der Waals surface area contributed by atoms with Gasteiger partial charge in [-0.15, -0.1) is 0 Å². The molecule has 0 radical (unpaired) electrons. The van der Waals surface area contributed by atoms with E-state index < -0.39 is 39.7 Å². The van der Waals surface area contributed by atoms with Gasteiger partial charge in [-0.25, -0.2) is 8.78 Å². The Hall–Kier alpha value is -4.34. The number of aryl methyl sites for hydroxylation is 1. The van der Waals surface area contributed by atoms with Gasteiger partial charge >= 0.3 is 0 Å². The second-order valence-corrected chi connectivity index (χ2v) is 9.82. The fourth-order valence-corrected chi connectivity index (χ4v) is 4.38. The van der Waals surface area contributed by atoms with Crippen LogP contribution in [0.2, 0.25) is 0 Å². The van der Waals surface area contributed by atoms with Crippen LogP contribution < -0.4 is 5.32 Å². The maximum Gasteiger partial charge on any atom is 0.235 e. The zero-order valence-corrected chi connectivity index (χ0v) is 21.0. The molecular weight excluding hydrogens is 496 g/mol. The van der Waals surface area contributed by atoms with Crippen LogP contribution in [0.25, 0.3) is 11.1 Å². The molecule has 0 spiro atoms. The molecule has 0 atom stereocenters. The summed E-state index contributed by atoms with van der Waals surface area (Å²) in [7, 11) is 0. The molecule has 1 aliphatic rings. The summed E-state index contributed by atoms with van der Waals surface area (Å²) >= 11 is 0. The van der Waals surface area contributed by atoms with Gasteiger partial charge in [0.1, 0.15) is 30.5 Å². The van der Waals surface area contributed by atoms with Gasteiger partial charge in [0.15, 0.2) is 11.2 Å². The standard InChI is InChI=1S/C28H25F2N3O5/c1-16(2)33-12-18(11-31-33)24-20(25(37)27(13-34,14-35)15-36)9-19(10-23(24)30)32-26(38)28(6-7-28)21-5-4-17(3)8-22(21)29/h4-5,8-16H,6-7H2,1-3H3,(H,32,38). The number of hydrogen-bond acceptors (Lipinski definition) is 6. The van der Waals surface area contributed by atoms with Gasteiger partial charge in [0.2, 0.25) is 5.91 Å². The van der Waals surface area contributed by atoms with E-state index >= 15 is 4.39 Å². The summed E-state index contributed by atoms with van der Waals surface area (Å²) in [6.45, 7) is 5.38. The summed E-state index contributed by atoms with van der Waals surface area (Å²) in [5, 5.41) is 6.69. The van der Waals surface area contributed by atoms with Crippen molar-refractivity contribution in [2.45, 2.75) is 45.1 Å². The molecule has 1 saturated carbocycles. The SMILES string of the molecule is Cc1ccc(C2(C(=O)Nc3cc(F)c(-c4cnn(C(C)C)c4)c(C(=O)C(C=O)(C=O)C=O)c3)CC2)c(F)c1. The minimum Gasteiger partial charge on any atom is -0.325 e. The van der Waals surface area contributed by atoms with Gasteiger partial charge in [0.05, 0.1) is 11.6 Å². The molecular formula is C28H25F2N3O5. The monoisotopic (exact) mass is 521 g/mol. The lowest BCUT2D eigenvalue weighted by Crippen LogP contribution is -2.37. The summed E-state index contributed by atoms with van der Waals surface area (Å²) in [4.78, 5) is 61.5. The molecule has 3 aromatic rings. The number of carbonyl (C=O) groups excluding carboxylic acids is 5. The second kappa shape index (κ2) is 9.85. The van der Waals surface area contributed by atoms with Crippen LogP contribution in [-0.4, -0.2) is 40.3 Å². The van der Waals surface area contributed by atoms with E-state index in [1.165, 1.54) is 29.2 Å². The third-order valence-corrected chi connectivity index (χ3v) is 6.82. The molecule has 1 heterocycles. The highest BCUT2D eigenvalue weighted by Crippen LogP contribution is 2.50. The maximum atomic E-state index is 15.6. The molecule has 1 aromatic heterocycles. The van der Waals surface area contributed by atoms with Gasteiger partial charge in [-0.05, 0) is 57.4 Å². The Morgan fingerprint density at radius 2 is 1.71 bits per heavy atom. The first kappa shape index (κ1) is 26.7. The van der Waals surface area contributed by atoms with Crippen LogP contribution in [-0.2, 0) is 24.6 Å². The van der Waals surface area contributed by atoms with E-state index in [-0.39, 0.29) is 47.3 Å². The number of Topliss-reactive ketones (excluding diaryl/α,β-unsaturated/α-hetero) is 1. The predicted molar refractivity (Wildman–Crippen MR) is 134 cm³/mol. The predicted octanol–water partition coefficient (Wildman–Crippen LogP) is 4.15. The fourth-order valence-electron chi connectivity index (χ4n) is 4.38. The Kier molecular flexibility index (Phi) is 6.92. The van der Waals surface area contributed by atoms with Crippen LogP contribution >= 0.6 is 0 Å². The molecule has 1 N–H and O–H groups in total. The van der Waals surface area contributed by atoms with Crippen molar-refractivity contribution in [1.82, 2.24) is 9.78 Å². The topological polar surface area (TPSA) is 115 Å². The molecule has 10 heteroatoms. The molecule has 196 valence electrons. The number of amides is 1. The number of nitrogens with zero attached hydrogens (tertiary/aromatic N) is 2. The average Bonchev–Trinajstić information content (AvgIpc) is 3.53. The minimum absolute atomic E-state index is 0.0968. The molecule has 0 saturated heterocycles. The Morgan fingerprint density at radius 3 is 2.24 bits per heavy atom. The van der Waals surface area contributed by atoms with E-state index in [2.05, 4.69) is 10.4 Å². The van der Waals surface area contributed by atoms with Crippen molar-refractivity contribution in [2.24, 2.45) is 5.41 Å². The van der Waals surface area contributed by atoms with Crippen molar-refractivity contribution in [3.05, 3.63) is 71.1 Å². The minimum atomic E-state index is -2.69. The van der Waals surface area contributed by atoms with Gasteiger partial charge in [0, 0.05) is 40.2 Å². The van der Waals surface area contributed by atoms with Crippen LogP contribution in [0.5, 0.6) is 0 Å². The first-order chi connectivity index (χ1) is 18.0. The van der Waals surface area contributed by atoms with E-state index in [9.17, 15) is 28.4 Å². The highest BCUT2D eigenvalue weighted by atomic mass is 19.1. The number of nitrogens with one attached hydrogen (secondary N) is 1. The lowest BCUT2D eigenvalue weighted by Gasteiger charge is -2.20. The molecule has 0 unspecified atom stereocenters. The average molecular weight is 522 g/mol. The van der Waals surface area contributed by atoms with Crippen LogP contribution in [0.1, 0.15) is 54.2 Å². The molecule has 1 fully saturated rings. The summed E-state index contributed by atoms with van der Waals surface area (Å²) in [5.74, 6) is -3.36. The van der Waals surface area contributed by atoms with Gasteiger partial charge in [-0.1, -0.05) is 12.1 Å². The van der Waals surface area contributed by atoms with Crippen molar-refractivity contribution in [1.29, 1.82) is 0 Å². The van der Waals surface area contributed by atoms with Crippen molar-refractivity contribution < 1.29 is 32.8 Å². The first-order valence-corrected chi connectivity index (χ1v) is 11.9. The zero-order chi connectivity index (χ0) is 27.8. The number of aromatic nitrogens is 2. The van der Waals surface area contributed by atoms with Crippen molar-refractivity contribution >= 4 is 36.2 Å². The van der Waals surface area contributed by atoms with E-state index in [0.717, 1.165) is 12.1 Å². The van der Waals surface area contributed by atoms with E-state index in [1.54, 1.807) is 13.0 Å². The van der Waals surface area contributed by atoms with Gasteiger partial charge in [0.25, 0.3) is 0 Å². The summed E-state index contributed by atoms with van der Waals surface area (Å²) in [5.41, 5.74) is -3.72. The molecule has 1 aliphatic carbocycles. The molecule has 0 aliphatic heterocycles. The lowest BCUT2D eigenvalue weighted by molar-refractivity contribution is -0.129. The number of rotatable bonds is 10. The smallest absolute Gasteiger partial charge is 0.235 e. The van der Waals surface area contributed by atoms with Crippen molar-refractivity contribution in [2.75, 3.05) is 5.32 Å². The number of carbonyl (C=O) groups is 5. The number of anilines is 1. The van der Waals surface area contributed by atoms with Gasteiger partial charge < -0.3 is 19.7 Å². The number of aldehydes is 3. The van der Waals surface area contributed by atoms with Crippen molar-refractivity contribution in [3.8, 4) is 11.1 Å². The number of benzene rings is 2. The highest BCUT2D eigenvalue weighted by Gasteiger charge is 2.53. The maximum absolute atomic E-state index is 15.6. The Morgan fingerprint density at radius 1 is 1.05 bits per heavy atom. The third-order valence-electron chi connectivity index (χ3n) is 6.82. The normalized spacial score (nSPS) is 14.2. The fraction of sp³-hybridized carbons (Fsp3) is 0.286. The second-order valence-electron chi connectivity index (χ2n) is 9.82. The lowest BCUT2D eigenvalue weighted by atomic mass is 9.81. The summed E-state index contributed by atoms with van der Waals surface area (Å²) in [6.07, 6.45) is 3.17. The summed E-state index contributed by atoms with van der Waals surface area (Å²) in [6, 6.07) is 6.52. The van der Waals surface area contributed by atoms with Crippen LogP contribution in [0, 0.1) is 24.0 Å². The van der Waals surface area contributed by atoms with E-state index in [4.69, 9.17) is 0 Å².